The minimum Gasteiger partial charge on any atom is -0.382 e. The monoisotopic (exact) mass is 277 g/mol. The summed E-state index contributed by atoms with van der Waals surface area (Å²) in [6.07, 6.45) is -7.93. The van der Waals surface area contributed by atoms with Gasteiger partial charge >= 0.3 is 6.18 Å². The Morgan fingerprint density at radius 3 is 2.18 bits per heavy atom. The molecule has 0 saturated heterocycles. The zero-order valence-electron chi connectivity index (χ0n) is 8.21. The second kappa shape index (κ2) is 5.61. The van der Waals surface area contributed by atoms with Crippen LogP contribution in [0.5, 0.6) is 0 Å². The normalized spacial score (nSPS) is 15.0. The fourth-order valence-corrected chi connectivity index (χ4v) is 1.15. The lowest BCUT2D eigenvalue weighted by Gasteiger charge is -2.21. The van der Waals surface area contributed by atoms with E-state index >= 15 is 0 Å². The summed E-state index contributed by atoms with van der Waals surface area (Å²) < 4.78 is 62.0. The number of aliphatic hydroxyl groups is 1. The van der Waals surface area contributed by atoms with Crippen molar-refractivity contribution >= 4 is 12.4 Å². The van der Waals surface area contributed by atoms with Crippen LogP contribution in [0.15, 0.2) is 18.2 Å². The number of hydrogen-bond donors (Lipinski definition) is 2. The first-order valence-corrected chi connectivity index (χ1v) is 4.19. The molecule has 1 aromatic rings. The quantitative estimate of drug-likeness (QED) is 0.815. The van der Waals surface area contributed by atoms with Crippen molar-refractivity contribution in [3.63, 3.8) is 0 Å². The maximum atomic E-state index is 13.1. The van der Waals surface area contributed by atoms with E-state index in [2.05, 4.69) is 0 Å². The molecule has 0 aliphatic carbocycles. The van der Waals surface area contributed by atoms with Crippen LogP contribution >= 0.6 is 12.4 Å². The first-order chi connectivity index (χ1) is 7.25. The van der Waals surface area contributed by atoms with Gasteiger partial charge in [-0.15, -0.1) is 12.4 Å². The third kappa shape index (κ3) is 3.52. The molecule has 0 heterocycles. The maximum absolute atomic E-state index is 13.1. The Balaban J connectivity index is 0.00000256. The Morgan fingerprint density at radius 2 is 1.71 bits per heavy atom. The molecule has 0 aromatic heterocycles. The molecule has 0 fully saturated rings. The van der Waals surface area contributed by atoms with Crippen LogP contribution in [0.4, 0.5) is 22.0 Å². The van der Waals surface area contributed by atoms with Gasteiger partial charge in [-0.2, -0.15) is 13.2 Å². The van der Waals surface area contributed by atoms with E-state index in [1.807, 2.05) is 0 Å². The highest BCUT2D eigenvalue weighted by atomic mass is 35.5. The van der Waals surface area contributed by atoms with Crippen LogP contribution in [0.3, 0.4) is 0 Å². The number of nitrogens with two attached hydrogens (primary N) is 1. The smallest absolute Gasteiger partial charge is 0.382 e. The van der Waals surface area contributed by atoms with E-state index in [9.17, 15) is 22.0 Å². The maximum Gasteiger partial charge on any atom is 0.416 e. The third-order valence-corrected chi connectivity index (χ3v) is 2.02. The first kappa shape index (κ1) is 16.1. The number of benzene rings is 1. The molecule has 1 aromatic carbocycles. The lowest BCUT2D eigenvalue weighted by Crippen LogP contribution is -2.39. The van der Waals surface area contributed by atoms with E-state index in [1.54, 1.807) is 0 Å². The average molecular weight is 278 g/mol. The predicted octanol–water partition coefficient (Wildman–Crippen LogP) is 2.31. The third-order valence-electron chi connectivity index (χ3n) is 2.02. The Kier molecular flexibility index (Phi) is 5.31. The minimum atomic E-state index is -4.99. The molecular weight excluding hydrogens is 269 g/mol. The van der Waals surface area contributed by atoms with Crippen molar-refractivity contribution in [1.82, 2.24) is 0 Å². The molecule has 0 saturated carbocycles. The zero-order valence-corrected chi connectivity index (χ0v) is 9.03. The van der Waals surface area contributed by atoms with Gasteiger partial charge in [0.15, 0.2) is 17.7 Å². The SMILES string of the molecule is Cl.N[C@H](c1cccc(F)c1F)[C@@H](O)C(F)(F)F. The van der Waals surface area contributed by atoms with Crippen LogP contribution < -0.4 is 5.73 Å². The summed E-state index contributed by atoms with van der Waals surface area (Å²) in [6, 6.07) is 0.580. The van der Waals surface area contributed by atoms with Crippen LogP contribution in [0.2, 0.25) is 0 Å². The van der Waals surface area contributed by atoms with Crippen LogP contribution in [-0.4, -0.2) is 17.4 Å². The Morgan fingerprint density at radius 1 is 1.18 bits per heavy atom. The molecule has 2 nitrogen and oxygen atoms in total. The van der Waals surface area contributed by atoms with E-state index in [0.29, 0.717) is 0 Å². The Labute approximate surface area is 99.6 Å². The van der Waals surface area contributed by atoms with Gasteiger partial charge in [-0.25, -0.2) is 8.78 Å². The van der Waals surface area contributed by atoms with Gasteiger partial charge in [0, 0.05) is 5.56 Å². The van der Waals surface area contributed by atoms with E-state index in [0.717, 1.165) is 18.2 Å². The average Bonchev–Trinajstić information content (AvgIpc) is 2.18. The number of aliphatic hydroxyl groups excluding tert-OH is 1. The van der Waals surface area contributed by atoms with Gasteiger partial charge in [0.2, 0.25) is 0 Å². The van der Waals surface area contributed by atoms with Crippen molar-refractivity contribution in [2.75, 3.05) is 0 Å². The number of rotatable bonds is 2. The minimum absolute atomic E-state index is 0. The second-order valence-corrected chi connectivity index (χ2v) is 3.16. The van der Waals surface area contributed by atoms with Gasteiger partial charge in [0.1, 0.15) is 0 Å². The number of halogens is 6. The van der Waals surface area contributed by atoms with Gasteiger partial charge in [-0.1, -0.05) is 12.1 Å². The fourth-order valence-electron chi connectivity index (χ4n) is 1.15. The van der Waals surface area contributed by atoms with E-state index in [1.165, 1.54) is 0 Å². The van der Waals surface area contributed by atoms with E-state index in [-0.39, 0.29) is 12.4 Å². The molecule has 0 unspecified atom stereocenters. The van der Waals surface area contributed by atoms with Gasteiger partial charge in [0.25, 0.3) is 0 Å². The largest absolute Gasteiger partial charge is 0.416 e. The molecule has 0 spiro atoms. The van der Waals surface area contributed by atoms with Crippen LogP contribution in [0.1, 0.15) is 11.6 Å². The van der Waals surface area contributed by atoms with E-state index in [4.69, 9.17) is 10.8 Å². The summed E-state index contributed by atoms with van der Waals surface area (Å²) in [6.45, 7) is 0. The molecule has 0 radical (unpaired) electrons. The molecule has 0 aliphatic rings. The summed E-state index contributed by atoms with van der Waals surface area (Å²) >= 11 is 0. The Bertz CT molecular complexity index is 384. The Hall–Kier alpha value is -0.920. The van der Waals surface area contributed by atoms with Crippen LogP contribution in [-0.2, 0) is 0 Å². The lowest BCUT2D eigenvalue weighted by atomic mass is 10.0. The molecular formula is C9H9ClF5NO. The molecule has 3 N–H and O–H groups in total. The summed E-state index contributed by atoms with van der Waals surface area (Å²) in [5.41, 5.74) is 4.30. The van der Waals surface area contributed by atoms with Crippen LogP contribution in [0, 0.1) is 11.6 Å². The molecule has 8 heteroatoms. The highest BCUT2D eigenvalue weighted by Crippen LogP contribution is 2.30. The van der Waals surface area contributed by atoms with Crippen LogP contribution in [0.25, 0.3) is 0 Å². The molecule has 17 heavy (non-hydrogen) atoms. The second-order valence-electron chi connectivity index (χ2n) is 3.16. The standard InChI is InChI=1S/C9H8F5NO.ClH/c10-5-3-1-2-4(6(5)11)7(15)8(16)9(12,13)14;/h1-3,7-8,16H,15H2;1H/t7-,8-;/m1./s1. The summed E-state index contributed by atoms with van der Waals surface area (Å²) in [5, 5.41) is 8.78. The molecule has 1 rings (SSSR count). The van der Waals surface area contributed by atoms with Gasteiger partial charge in [-0.05, 0) is 6.07 Å². The van der Waals surface area contributed by atoms with Crippen molar-refractivity contribution in [2.45, 2.75) is 18.3 Å². The topological polar surface area (TPSA) is 46.2 Å². The number of alkyl halides is 3. The van der Waals surface area contributed by atoms with Gasteiger partial charge < -0.3 is 10.8 Å². The van der Waals surface area contributed by atoms with Gasteiger partial charge in [0.05, 0.1) is 6.04 Å². The van der Waals surface area contributed by atoms with Crippen molar-refractivity contribution in [2.24, 2.45) is 5.73 Å². The molecule has 0 amide bonds. The first-order valence-electron chi connectivity index (χ1n) is 4.19. The summed E-state index contributed by atoms with van der Waals surface area (Å²) in [4.78, 5) is 0. The van der Waals surface area contributed by atoms with Crippen molar-refractivity contribution < 1.29 is 27.1 Å². The predicted molar refractivity (Wildman–Crippen MR) is 52.6 cm³/mol. The van der Waals surface area contributed by atoms with E-state index < -0.39 is 35.5 Å². The van der Waals surface area contributed by atoms with Crippen molar-refractivity contribution in [1.29, 1.82) is 0 Å². The highest BCUT2D eigenvalue weighted by molar-refractivity contribution is 5.85. The van der Waals surface area contributed by atoms with Gasteiger partial charge in [-0.3, -0.25) is 0 Å². The zero-order chi connectivity index (χ0) is 12.5. The summed E-state index contributed by atoms with van der Waals surface area (Å²) in [7, 11) is 0. The fraction of sp³-hybridized carbons (Fsp3) is 0.333. The van der Waals surface area contributed by atoms with Crippen molar-refractivity contribution in [3.8, 4) is 0 Å². The molecule has 2 atom stereocenters. The molecule has 0 bridgehead atoms. The summed E-state index contributed by atoms with van der Waals surface area (Å²) in [5.74, 6) is -2.80. The molecule has 0 aliphatic heterocycles. The molecule has 98 valence electrons. The van der Waals surface area contributed by atoms with Crippen molar-refractivity contribution in [3.05, 3.63) is 35.4 Å². The highest BCUT2D eigenvalue weighted by Gasteiger charge is 2.43. The number of hydrogen-bond acceptors (Lipinski definition) is 2. The lowest BCUT2D eigenvalue weighted by molar-refractivity contribution is -0.210.